The van der Waals surface area contributed by atoms with Crippen molar-refractivity contribution in [3.05, 3.63) is 35.9 Å². The first-order valence-electron chi connectivity index (χ1n) is 4.50. The van der Waals surface area contributed by atoms with Crippen molar-refractivity contribution in [1.29, 1.82) is 0 Å². The maximum Gasteiger partial charge on any atom is 0.303 e. The van der Waals surface area contributed by atoms with Gasteiger partial charge < -0.3 is 5.11 Å². The van der Waals surface area contributed by atoms with Crippen molar-refractivity contribution in [2.24, 2.45) is 0 Å². The SMILES string of the molecule is O=C(O)CCC(=O)C#Cc1ccccc1. The summed E-state index contributed by atoms with van der Waals surface area (Å²) in [6, 6.07) is 9.09. The summed E-state index contributed by atoms with van der Waals surface area (Å²) in [5, 5.41) is 8.35. The number of rotatable bonds is 3. The lowest BCUT2D eigenvalue weighted by atomic mass is 10.2. The van der Waals surface area contributed by atoms with E-state index in [0.29, 0.717) is 0 Å². The van der Waals surface area contributed by atoms with Crippen molar-refractivity contribution < 1.29 is 14.7 Å². The van der Waals surface area contributed by atoms with Crippen LogP contribution in [0.5, 0.6) is 0 Å². The van der Waals surface area contributed by atoms with Gasteiger partial charge in [0.2, 0.25) is 5.78 Å². The van der Waals surface area contributed by atoms with Gasteiger partial charge in [-0.15, -0.1) is 0 Å². The summed E-state index contributed by atoms with van der Waals surface area (Å²) < 4.78 is 0. The van der Waals surface area contributed by atoms with Gasteiger partial charge in [-0.05, 0) is 18.1 Å². The third-order valence-electron chi connectivity index (χ3n) is 1.69. The standard InChI is InChI=1S/C12H10O3/c13-11(8-9-12(14)15)7-6-10-4-2-1-3-5-10/h1-5H,8-9H2,(H,14,15). The fraction of sp³-hybridized carbons (Fsp3) is 0.167. The molecule has 0 radical (unpaired) electrons. The van der Waals surface area contributed by atoms with E-state index in [1.54, 1.807) is 12.1 Å². The summed E-state index contributed by atoms with van der Waals surface area (Å²) in [5.74, 6) is 3.75. The molecule has 0 atom stereocenters. The lowest BCUT2D eigenvalue weighted by Crippen LogP contribution is -2.00. The van der Waals surface area contributed by atoms with E-state index in [1.807, 2.05) is 18.2 Å². The average molecular weight is 202 g/mol. The van der Waals surface area contributed by atoms with Gasteiger partial charge in [-0.2, -0.15) is 0 Å². The third kappa shape index (κ3) is 4.63. The highest BCUT2D eigenvalue weighted by atomic mass is 16.4. The van der Waals surface area contributed by atoms with Crippen LogP contribution < -0.4 is 0 Å². The highest BCUT2D eigenvalue weighted by Gasteiger charge is 2.01. The minimum Gasteiger partial charge on any atom is -0.481 e. The first kappa shape index (κ1) is 11.0. The van der Waals surface area contributed by atoms with Crippen LogP contribution >= 0.6 is 0 Å². The molecule has 0 aliphatic rings. The Labute approximate surface area is 87.7 Å². The number of hydrogen-bond donors (Lipinski definition) is 1. The molecular formula is C12H10O3. The van der Waals surface area contributed by atoms with Crippen LogP contribution in [0.4, 0.5) is 0 Å². The zero-order valence-electron chi connectivity index (χ0n) is 8.06. The van der Waals surface area contributed by atoms with Crippen molar-refractivity contribution in [3.8, 4) is 11.8 Å². The molecule has 0 aliphatic heterocycles. The van der Waals surface area contributed by atoms with Gasteiger partial charge >= 0.3 is 5.97 Å². The van der Waals surface area contributed by atoms with Gasteiger partial charge in [-0.25, -0.2) is 0 Å². The predicted molar refractivity (Wildman–Crippen MR) is 55.2 cm³/mol. The van der Waals surface area contributed by atoms with Crippen LogP contribution in [-0.2, 0) is 9.59 Å². The molecule has 0 fully saturated rings. The van der Waals surface area contributed by atoms with E-state index >= 15 is 0 Å². The number of ketones is 1. The Bertz CT molecular complexity index is 409. The fourth-order valence-corrected chi connectivity index (χ4v) is 0.946. The van der Waals surface area contributed by atoms with Crippen LogP contribution in [0, 0.1) is 11.8 Å². The molecule has 3 nitrogen and oxygen atoms in total. The molecule has 0 saturated heterocycles. The predicted octanol–water partition coefficient (Wildman–Crippen LogP) is 1.47. The van der Waals surface area contributed by atoms with Gasteiger partial charge in [0.25, 0.3) is 0 Å². The summed E-state index contributed by atoms with van der Waals surface area (Å²) in [6.45, 7) is 0. The molecule has 0 aliphatic carbocycles. The second kappa shape index (κ2) is 5.61. The Kier molecular flexibility index (Phi) is 4.11. The Morgan fingerprint density at radius 1 is 1.13 bits per heavy atom. The molecule has 1 aromatic carbocycles. The molecule has 0 heterocycles. The Hall–Kier alpha value is -2.08. The van der Waals surface area contributed by atoms with E-state index in [9.17, 15) is 9.59 Å². The zero-order chi connectivity index (χ0) is 11.1. The number of aliphatic carboxylic acids is 1. The van der Waals surface area contributed by atoms with Crippen molar-refractivity contribution >= 4 is 11.8 Å². The molecular weight excluding hydrogens is 192 g/mol. The van der Waals surface area contributed by atoms with Crippen molar-refractivity contribution in [3.63, 3.8) is 0 Å². The molecule has 0 bridgehead atoms. The minimum atomic E-state index is -0.982. The lowest BCUT2D eigenvalue weighted by molar-refractivity contribution is -0.138. The van der Waals surface area contributed by atoms with Gasteiger partial charge in [0.15, 0.2) is 0 Å². The first-order chi connectivity index (χ1) is 7.18. The molecule has 0 amide bonds. The maximum absolute atomic E-state index is 11.1. The number of carboxylic acid groups (broad SMARTS) is 1. The molecule has 0 saturated carbocycles. The van der Waals surface area contributed by atoms with E-state index in [4.69, 9.17) is 5.11 Å². The van der Waals surface area contributed by atoms with Crippen LogP contribution in [0.1, 0.15) is 18.4 Å². The van der Waals surface area contributed by atoms with Crippen molar-refractivity contribution in [2.75, 3.05) is 0 Å². The summed E-state index contributed by atoms with van der Waals surface area (Å²) in [6.07, 6.45) is -0.197. The van der Waals surface area contributed by atoms with Crippen LogP contribution in [0.2, 0.25) is 0 Å². The summed E-state index contributed by atoms with van der Waals surface area (Å²) in [7, 11) is 0. The third-order valence-corrected chi connectivity index (χ3v) is 1.69. The molecule has 1 rings (SSSR count). The number of benzene rings is 1. The topological polar surface area (TPSA) is 54.4 Å². The Balaban J connectivity index is 2.51. The first-order valence-corrected chi connectivity index (χ1v) is 4.50. The molecule has 0 aromatic heterocycles. The Morgan fingerprint density at radius 3 is 2.40 bits per heavy atom. The molecule has 0 unspecified atom stereocenters. The smallest absolute Gasteiger partial charge is 0.303 e. The summed E-state index contributed by atoms with van der Waals surface area (Å²) in [4.78, 5) is 21.3. The van der Waals surface area contributed by atoms with Crippen LogP contribution in [0.25, 0.3) is 0 Å². The van der Waals surface area contributed by atoms with E-state index < -0.39 is 5.97 Å². The normalized spacial score (nSPS) is 8.80. The number of carbonyl (C=O) groups excluding carboxylic acids is 1. The largest absolute Gasteiger partial charge is 0.481 e. The maximum atomic E-state index is 11.1. The fourth-order valence-electron chi connectivity index (χ4n) is 0.946. The van der Waals surface area contributed by atoms with Crippen LogP contribution in [0.15, 0.2) is 30.3 Å². The molecule has 76 valence electrons. The van der Waals surface area contributed by atoms with Gasteiger partial charge in [0.05, 0.1) is 6.42 Å². The highest BCUT2D eigenvalue weighted by molar-refractivity contribution is 5.97. The second-order valence-electron chi connectivity index (χ2n) is 2.93. The van der Waals surface area contributed by atoms with E-state index in [-0.39, 0.29) is 18.6 Å². The monoisotopic (exact) mass is 202 g/mol. The van der Waals surface area contributed by atoms with Crippen molar-refractivity contribution in [2.45, 2.75) is 12.8 Å². The summed E-state index contributed by atoms with van der Waals surface area (Å²) in [5.41, 5.74) is 0.751. The molecule has 15 heavy (non-hydrogen) atoms. The van der Waals surface area contributed by atoms with Gasteiger partial charge in [-0.3, -0.25) is 9.59 Å². The number of carboxylic acids is 1. The molecule has 3 heteroatoms. The average Bonchev–Trinajstić information content (AvgIpc) is 2.25. The van der Waals surface area contributed by atoms with E-state index in [2.05, 4.69) is 11.8 Å². The van der Waals surface area contributed by atoms with Crippen LogP contribution in [-0.4, -0.2) is 16.9 Å². The highest BCUT2D eigenvalue weighted by Crippen LogP contribution is 1.95. The molecule has 1 aromatic rings. The van der Waals surface area contributed by atoms with Gasteiger partial charge in [0.1, 0.15) is 0 Å². The summed E-state index contributed by atoms with van der Waals surface area (Å²) >= 11 is 0. The van der Waals surface area contributed by atoms with Gasteiger partial charge in [0, 0.05) is 12.0 Å². The minimum absolute atomic E-state index is 0.0326. The van der Waals surface area contributed by atoms with E-state index in [0.717, 1.165) is 5.56 Å². The van der Waals surface area contributed by atoms with E-state index in [1.165, 1.54) is 0 Å². The Morgan fingerprint density at radius 2 is 1.80 bits per heavy atom. The molecule has 1 N–H and O–H groups in total. The second-order valence-corrected chi connectivity index (χ2v) is 2.93. The van der Waals surface area contributed by atoms with Gasteiger partial charge in [-0.1, -0.05) is 24.1 Å². The number of carbonyl (C=O) groups is 2. The number of Topliss-reactive ketones (excluding diaryl/α,β-unsaturated/α-hetero) is 1. The number of hydrogen-bond acceptors (Lipinski definition) is 2. The zero-order valence-corrected chi connectivity index (χ0v) is 8.06. The quantitative estimate of drug-likeness (QED) is 0.755. The van der Waals surface area contributed by atoms with Crippen LogP contribution in [0.3, 0.4) is 0 Å². The van der Waals surface area contributed by atoms with Crippen molar-refractivity contribution in [1.82, 2.24) is 0 Å². The lowest BCUT2D eigenvalue weighted by Gasteiger charge is -1.88. The molecule has 0 spiro atoms.